The van der Waals surface area contributed by atoms with E-state index in [0.29, 0.717) is 25.7 Å². The first-order valence-corrected chi connectivity index (χ1v) is 22.3. The van der Waals surface area contributed by atoms with E-state index in [4.69, 9.17) is 18.9 Å². The van der Waals surface area contributed by atoms with E-state index in [1.54, 1.807) is 0 Å². The molecule has 8 nitrogen and oxygen atoms in total. The third kappa shape index (κ3) is 23.8. The summed E-state index contributed by atoms with van der Waals surface area (Å²) in [6.45, 7) is 9.53. The fourth-order valence-corrected chi connectivity index (χ4v) is 6.48. The zero-order valence-corrected chi connectivity index (χ0v) is 35.0. The molecule has 0 saturated heterocycles. The van der Waals surface area contributed by atoms with Crippen LogP contribution in [0.25, 0.3) is 0 Å². The number of carbonyl (C=O) groups excluding carboxylic acids is 4. The highest BCUT2D eigenvalue weighted by molar-refractivity contribution is 6.10. The Morgan fingerprint density at radius 2 is 0.463 bits per heavy atom. The number of rotatable bonds is 36. The standard InChI is InChI=1S/C46H78O8/c1-5-9-13-17-21-25-29-33-51-43(47)39-37-41(45(49)53-35-31-27-23-19-15-11-7-3)42(46(50)54-36-32-28-24-20-16-12-8-4)38-40(39)44(48)52-34-30-26-22-18-14-10-6-2/h37-38H,5-36H2,1-4H3. The summed E-state index contributed by atoms with van der Waals surface area (Å²) in [6, 6.07) is 2.55. The van der Waals surface area contributed by atoms with Crippen molar-refractivity contribution in [3.05, 3.63) is 34.4 Å². The fraction of sp³-hybridized carbons (Fsp3) is 0.783. The van der Waals surface area contributed by atoms with Gasteiger partial charge in [0.2, 0.25) is 0 Å². The molecule has 54 heavy (non-hydrogen) atoms. The van der Waals surface area contributed by atoms with Crippen molar-refractivity contribution in [2.75, 3.05) is 26.4 Å². The van der Waals surface area contributed by atoms with Gasteiger partial charge in [-0.2, -0.15) is 0 Å². The molecule has 1 aromatic carbocycles. The molecule has 1 aromatic rings. The second-order valence-electron chi connectivity index (χ2n) is 15.0. The summed E-state index contributed by atoms with van der Waals surface area (Å²) in [7, 11) is 0. The molecular formula is C46H78O8. The van der Waals surface area contributed by atoms with Gasteiger partial charge in [0.15, 0.2) is 0 Å². The monoisotopic (exact) mass is 759 g/mol. The Hall–Kier alpha value is -2.90. The number of hydrogen-bond acceptors (Lipinski definition) is 8. The second-order valence-corrected chi connectivity index (χ2v) is 15.0. The maximum absolute atomic E-state index is 13.5. The first-order chi connectivity index (χ1) is 26.4. The number of benzene rings is 1. The van der Waals surface area contributed by atoms with Gasteiger partial charge in [-0.25, -0.2) is 19.2 Å². The van der Waals surface area contributed by atoms with Gasteiger partial charge >= 0.3 is 23.9 Å². The molecule has 8 heteroatoms. The van der Waals surface area contributed by atoms with E-state index in [0.717, 1.165) is 77.0 Å². The van der Waals surface area contributed by atoms with Crippen LogP contribution in [0.2, 0.25) is 0 Å². The molecule has 0 amide bonds. The van der Waals surface area contributed by atoms with E-state index in [9.17, 15) is 19.2 Å². The van der Waals surface area contributed by atoms with E-state index in [2.05, 4.69) is 27.7 Å². The molecule has 0 atom stereocenters. The summed E-state index contributed by atoms with van der Waals surface area (Å²) >= 11 is 0. The summed E-state index contributed by atoms with van der Waals surface area (Å²) in [5, 5.41) is 0. The van der Waals surface area contributed by atoms with E-state index in [1.807, 2.05) is 0 Å². The minimum atomic E-state index is -0.729. The lowest BCUT2D eigenvalue weighted by atomic mass is 9.97. The highest BCUT2D eigenvalue weighted by Gasteiger charge is 2.29. The summed E-state index contributed by atoms with van der Waals surface area (Å²) in [4.78, 5) is 54.2. The lowest BCUT2D eigenvalue weighted by Crippen LogP contribution is -2.21. The van der Waals surface area contributed by atoms with E-state index < -0.39 is 23.9 Å². The highest BCUT2D eigenvalue weighted by Crippen LogP contribution is 2.23. The number of ether oxygens (including phenoxy) is 4. The molecule has 0 bridgehead atoms. The van der Waals surface area contributed by atoms with Gasteiger partial charge in [-0.15, -0.1) is 0 Å². The smallest absolute Gasteiger partial charge is 0.339 e. The number of carbonyl (C=O) groups is 4. The molecule has 0 aliphatic rings. The minimum absolute atomic E-state index is 0.103. The Labute approximate surface area is 329 Å². The summed E-state index contributed by atoms with van der Waals surface area (Å²) in [5.41, 5.74) is -0.411. The van der Waals surface area contributed by atoms with Gasteiger partial charge in [-0.1, -0.05) is 182 Å². The van der Waals surface area contributed by atoms with Gasteiger partial charge in [0.25, 0.3) is 0 Å². The zero-order valence-electron chi connectivity index (χ0n) is 35.0. The largest absolute Gasteiger partial charge is 0.462 e. The Bertz CT molecular complexity index is 960. The van der Waals surface area contributed by atoms with Gasteiger partial charge < -0.3 is 18.9 Å². The Morgan fingerprint density at radius 3 is 0.648 bits per heavy atom. The lowest BCUT2D eigenvalue weighted by Gasteiger charge is -2.15. The molecule has 310 valence electrons. The molecule has 0 fully saturated rings. The van der Waals surface area contributed by atoms with Crippen LogP contribution in [-0.4, -0.2) is 50.3 Å². The van der Waals surface area contributed by atoms with Crippen LogP contribution in [0.1, 0.15) is 249 Å². The van der Waals surface area contributed by atoms with Gasteiger partial charge in [0, 0.05) is 0 Å². The minimum Gasteiger partial charge on any atom is -0.462 e. The zero-order chi connectivity index (χ0) is 39.5. The summed E-state index contributed by atoms with van der Waals surface area (Å²) in [6.07, 6.45) is 29.8. The maximum atomic E-state index is 13.5. The van der Waals surface area contributed by atoms with Crippen LogP contribution < -0.4 is 0 Å². The molecule has 0 heterocycles. The molecule has 0 radical (unpaired) electrons. The Morgan fingerprint density at radius 1 is 0.296 bits per heavy atom. The van der Waals surface area contributed by atoms with Gasteiger partial charge in [-0.05, 0) is 37.8 Å². The van der Waals surface area contributed by atoms with Gasteiger partial charge in [0.05, 0.1) is 48.7 Å². The predicted octanol–water partition coefficient (Wildman–Crippen LogP) is 13.3. The topological polar surface area (TPSA) is 105 Å². The third-order valence-corrected chi connectivity index (χ3v) is 9.96. The lowest BCUT2D eigenvalue weighted by molar-refractivity contribution is 0.0434. The molecule has 0 aliphatic carbocycles. The average Bonchev–Trinajstić information content (AvgIpc) is 3.18. The fourth-order valence-electron chi connectivity index (χ4n) is 6.48. The predicted molar refractivity (Wildman–Crippen MR) is 220 cm³/mol. The van der Waals surface area contributed by atoms with Crippen molar-refractivity contribution in [2.24, 2.45) is 0 Å². The Kier molecular flexibility index (Phi) is 31.5. The van der Waals surface area contributed by atoms with Crippen molar-refractivity contribution < 1.29 is 38.1 Å². The van der Waals surface area contributed by atoms with Crippen LogP contribution in [0.15, 0.2) is 12.1 Å². The number of esters is 4. The Balaban J connectivity index is 3.17. The van der Waals surface area contributed by atoms with Crippen molar-refractivity contribution >= 4 is 23.9 Å². The first kappa shape index (κ1) is 49.1. The van der Waals surface area contributed by atoms with Crippen LogP contribution in [0.3, 0.4) is 0 Å². The maximum Gasteiger partial charge on any atom is 0.339 e. The molecule has 0 aliphatic heterocycles. The van der Waals surface area contributed by atoms with E-state index >= 15 is 0 Å². The molecule has 1 rings (SSSR count). The van der Waals surface area contributed by atoms with Gasteiger partial charge in [-0.3, -0.25) is 0 Å². The van der Waals surface area contributed by atoms with Crippen LogP contribution >= 0.6 is 0 Å². The van der Waals surface area contributed by atoms with Crippen molar-refractivity contribution in [3.63, 3.8) is 0 Å². The van der Waals surface area contributed by atoms with Gasteiger partial charge in [0.1, 0.15) is 0 Å². The van der Waals surface area contributed by atoms with Crippen molar-refractivity contribution in [1.82, 2.24) is 0 Å². The highest BCUT2D eigenvalue weighted by atomic mass is 16.5. The molecule has 0 saturated carbocycles. The number of unbranched alkanes of at least 4 members (excludes halogenated alkanes) is 24. The average molecular weight is 759 g/mol. The van der Waals surface area contributed by atoms with Crippen LogP contribution in [0.5, 0.6) is 0 Å². The summed E-state index contributed by atoms with van der Waals surface area (Å²) < 4.78 is 22.5. The molecule has 0 aromatic heterocycles. The SMILES string of the molecule is CCCCCCCCCOC(=O)c1cc(C(=O)OCCCCCCCCC)c(C(=O)OCCCCCCCCC)cc1C(=O)OCCCCCCCCC. The molecule has 0 unspecified atom stereocenters. The molecule has 0 spiro atoms. The number of hydrogen-bond donors (Lipinski definition) is 0. The van der Waals surface area contributed by atoms with Crippen LogP contribution in [0.4, 0.5) is 0 Å². The summed E-state index contributed by atoms with van der Waals surface area (Å²) in [5.74, 6) is -2.91. The van der Waals surface area contributed by atoms with Crippen molar-refractivity contribution in [3.8, 4) is 0 Å². The second kappa shape index (κ2) is 34.6. The molecule has 0 N–H and O–H groups in total. The quantitative estimate of drug-likeness (QED) is 0.0378. The third-order valence-electron chi connectivity index (χ3n) is 9.96. The van der Waals surface area contributed by atoms with Crippen LogP contribution in [0, 0.1) is 0 Å². The van der Waals surface area contributed by atoms with Crippen molar-refractivity contribution in [2.45, 2.75) is 207 Å². The van der Waals surface area contributed by atoms with E-state index in [-0.39, 0.29) is 48.7 Å². The molecular weight excluding hydrogens is 680 g/mol. The van der Waals surface area contributed by atoms with E-state index in [1.165, 1.54) is 89.2 Å². The normalized spacial score (nSPS) is 11.0. The first-order valence-electron chi connectivity index (χ1n) is 22.3. The van der Waals surface area contributed by atoms with Crippen LogP contribution in [-0.2, 0) is 18.9 Å². The van der Waals surface area contributed by atoms with Crippen molar-refractivity contribution in [1.29, 1.82) is 0 Å².